The van der Waals surface area contributed by atoms with Gasteiger partial charge in [-0.25, -0.2) is 8.42 Å². The molecular formula is C21H22N4O4S. The number of hydrogen-bond donors (Lipinski definition) is 0. The lowest BCUT2D eigenvalue weighted by Gasteiger charge is -2.36. The number of benzene rings is 1. The van der Waals surface area contributed by atoms with Crippen molar-refractivity contribution in [2.45, 2.75) is 48.6 Å². The molecule has 0 amide bonds. The third kappa shape index (κ3) is 3.27. The predicted octanol–water partition coefficient (Wildman–Crippen LogP) is 3.24. The Morgan fingerprint density at radius 1 is 1.13 bits per heavy atom. The zero-order valence-electron chi connectivity index (χ0n) is 16.5. The molecule has 0 saturated carbocycles. The maximum atomic E-state index is 13.4. The lowest BCUT2D eigenvalue weighted by atomic mass is 9.92. The molecule has 156 valence electrons. The van der Waals surface area contributed by atoms with Crippen LogP contribution in [0.2, 0.25) is 0 Å². The second-order valence-electron chi connectivity index (χ2n) is 7.77. The molecule has 0 N–H and O–H groups in total. The summed E-state index contributed by atoms with van der Waals surface area (Å²) >= 11 is 0. The van der Waals surface area contributed by atoms with E-state index < -0.39 is 10.0 Å². The van der Waals surface area contributed by atoms with E-state index in [0.717, 1.165) is 18.4 Å². The van der Waals surface area contributed by atoms with Gasteiger partial charge in [-0.1, -0.05) is 11.2 Å². The van der Waals surface area contributed by atoms with E-state index in [1.165, 1.54) is 7.11 Å². The van der Waals surface area contributed by atoms with Crippen LogP contribution in [0, 0.1) is 0 Å². The Kier molecular flexibility index (Phi) is 4.79. The first-order chi connectivity index (χ1) is 14.6. The number of ether oxygens (including phenoxy) is 1. The first-order valence-corrected chi connectivity index (χ1v) is 11.4. The van der Waals surface area contributed by atoms with Gasteiger partial charge in [0.25, 0.3) is 0 Å². The molecule has 2 atom stereocenters. The van der Waals surface area contributed by atoms with Gasteiger partial charge in [-0.15, -0.1) is 0 Å². The quantitative estimate of drug-likeness (QED) is 0.618. The van der Waals surface area contributed by atoms with Gasteiger partial charge in [-0.3, -0.25) is 4.98 Å². The normalized spacial score (nSPS) is 24.1. The summed E-state index contributed by atoms with van der Waals surface area (Å²) in [5, 5.41) is 4.09. The molecule has 30 heavy (non-hydrogen) atoms. The molecule has 8 nitrogen and oxygen atoms in total. The molecule has 1 aromatic carbocycles. The van der Waals surface area contributed by atoms with Gasteiger partial charge in [0.05, 0.1) is 12.0 Å². The van der Waals surface area contributed by atoms with Crippen molar-refractivity contribution in [2.75, 3.05) is 7.11 Å². The third-order valence-electron chi connectivity index (χ3n) is 5.99. The number of aromatic nitrogens is 3. The van der Waals surface area contributed by atoms with Crippen LogP contribution in [0.15, 0.2) is 58.2 Å². The lowest BCUT2D eigenvalue weighted by Crippen LogP contribution is -2.45. The van der Waals surface area contributed by atoms with Crippen LogP contribution in [-0.2, 0) is 10.0 Å². The van der Waals surface area contributed by atoms with Crippen molar-refractivity contribution in [3.05, 3.63) is 54.7 Å². The second kappa shape index (κ2) is 7.48. The largest absolute Gasteiger partial charge is 0.497 e. The van der Waals surface area contributed by atoms with Gasteiger partial charge < -0.3 is 9.26 Å². The highest BCUT2D eigenvalue weighted by molar-refractivity contribution is 7.89. The molecule has 2 unspecified atom stereocenters. The zero-order valence-corrected chi connectivity index (χ0v) is 17.3. The Morgan fingerprint density at radius 2 is 1.93 bits per heavy atom. The predicted molar refractivity (Wildman–Crippen MR) is 108 cm³/mol. The molecule has 2 fully saturated rings. The average molecular weight is 426 g/mol. The van der Waals surface area contributed by atoms with Crippen molar-refractivity contribution in [3.63, 3.8) is 0 Å². The minimum Gasteiger partial charge on any atom is -0.497 e. The third-order valence-corrected chi connectivity index (χ3v) is 7.99. The summed E-state index contributed by atoms with van der Waals surface area (Å²) in [6.45, 7) is 0. The lowest BCUT2D eigenvalue weighted by molar-refractivity contribution is 0.202. The fourth-order valence-electron chi connectivity index (χ4n) is 4.62. The van der Waals surface area contributed by atoms with Crippen molar-refractivity contribution >= 4 is 10.0 Å². The minimum absolute atomic E-state index is 0.0529. The molecule has 9 heteroatoms. The van der Waals surface area contributed by atoms with Crippen molar-refractivity contribution < 1.29 is 17.7 Å². The number of nitrogens with zero attached hydrogens (tertiary/aromatic N) is 4. The zero-order chi connectivity index (χ0) is 20.7. The number of pyridine rings is 1. The highest BCUT2D eigenvalue weighted by atomic mass is 32.2. The summed E-state index contributed by atoms with van der Waals surface area (Å²) in [7, 11) is -2.06. The number of piperidine rings is 1. The topological polar surface area (TPSA) is 98.4 Å². The highest BCUT2D eigenvalue weighted by Crippen LogP contribution is 2.45. The molecule has 0 aliphatic carbocycles. The van der Waals surface area contributed by atoms with Gasteiger partial charge in [0.2, 0.25) is 21.7 Å². The summed E-state index contributed by atoms with van der Waals surface area (Å²) in [4.78, 5) is 8.93. The molecule has 0 spiro atoms. The Hall–Kier alpha value is -2.78. The molecule has 4 heterocycles. The van der Waals surface area contributed by atoms with Crippen LogP contribution in [0.4, 0.5) is 0 Å². The van der Waals surface area contributed by atoms with Crippen molar-refractivity contribution in [3.8, 4) is 17.1 Å². The second-order valence-corrected chi connectivity index (χ2v) is 9.61. The first-order valence-electron chi connectivity index (χ1n) is 9.98. The number of sulfonamides is 1. The van der Waals surface area contributed by atoms with Gasteiger partial charge >= 0.3 is 0 Å². The van der Waals surface area contributed by atoms with Crippen LogP contribution in [-0.4, -0.2) is 47.0 Å². The summed E-state index contributed by atoms with van der Waals surface area (Å²) in [5.41, 5.74) is 0.800. The van der Waals surface area contributed by atoms with Crippen LogP contribution in [0.25, 0.3) is 11.4 Å². The van der Waals surface area contributed by atoms with Crippen molar-refractivity contribution in [2.24, 2.45) is 0 Å². The maximum absolute atomic E-state index is 13.4. The maximum Gasteiger partial charge on any atom is 0.243 e. The molecule has 2 aliphatic rings. The van der Waals surface area contributed by atoms with Crippen LogP contribution in [0.1, 0.15) is 37.5 Å². The van der Waals surface area contributed by atoms with E-state index in [2.05, 4.69) is 15.1 Å². The molecule has 5 rings (SSSR count). The number of rotatable bonds is 5. The van der Waals surface area contributed by atoms with Gasteiger partial charge in [-0.2, -0.15) is 9.29 Å². The Morgan fingerprint density at radius 3 is 2.63 bits per heavy atom. The number of hydrogen-bond acceptors (Lipinski definition) is 7. The Labute approximate surface area is 174 Å². The first kappa shape index (κ1) is 19.2. The van der Waals surface area contributed by atoms with Crippen LogP contribution in [0.5, 0.6) is 5.75 Å². The van der Waals surface area contributed by atoms with Gasteiger partial charge in [-0.05, 0) is 49.9 Å². The van der Waals surface area contributed by atoms with E-state index in [4.69, 9.17) is 9.26 Å². The van der Waals surface area contributed by atoms with E-state index in [-0.39, 0.29) is 22.9 Å². The van der Waals surface area contributed by atoms with Gasteiger partial charge in [0, 0.05) is 42.0 Å². The SMILES string of the molecule is COc1cccc(S(=O)(=O)N2C3CCC2CC(c2nc(-c4cccnc4)no2)C3)c1. The highest BCUT2D eigenvalue weighted by Gasteiger charge is 2.48. The van der Waals surface area contributed by atoms with Crippen LogP contribution >= 0.6 is 0 Å². The van der Waals surface area contributed by atoms with E-state index in [1.807, 2.05) is 12.1 Å². The van der Waals surface area contributed by atoms with E-state index >= 15 is 0 Å². The summed E-state index contributed by atoms with van der Waals surface area (Å²) in [6.07, 6.45) is 6.42. The van der Waals surface area contributed by atoms with E-state index in [9.17, 15) is 8.42 Å². The smallest absolute Gasteiger partial charge is 0.243 e. The van der Waals surface area contributed by atoms with Crippen LogP contribution in [0.3, 0.4) is 0 Å². The summed E-state index contributed by atoms with van der Waals surface area (Å²) < 4.78 is 39.2. The van der Waals surface area contributed by atoms with Gasteiger partial charge in [0.15, 0.2) is 0 Å². The van der Waals surface area contributed by atoms with E-state index in [1.54, 1.807) is 41.0 Å². The molecule has 0 radical (unpaired) electrons. The van der Waals surface area contributed by atoms with E-state index in [0.29, 0.717) is 30.3 Å². The molecular weight excluding hydrogens is 404 g/mol. The standard InChI is InChI=1S/C21H22N4O4S/c1-28-18-5-2-6-19(12-18)30(26,27)25-16-7-8-17(25)11-15(10-16)21-23-20(24-29-21)14-4-3-9-22-13-14/h2-6,9,12-13,15-17H,7-8,10-11H2,1H3. The summed E-state index contributed by atoms with van der Waals surface area (Å²) in [6, 6.07) is 10.2. The molecule has 3 aromatic rings. The van der Waals surface area contributed by atoms with Gasteiger partial charge in [0.1, 0.15) is 5.75 Å². The molecule has 2 bridgehead atoms. The fourth-order valence-corrected chi connectivity index (χ4v) is 6.55. The van der Waals surface area contributed by atoms with Crippen molar-refractivity contribution in [1.82, 2.24) is 19.4 Å². The van der Waals surface area contributed by atoms with Crippen LogP contribution < -0.4 is 4.74 Å². The minimum atomic E-state index is -3.60. The molecule has 2 aliphatic heterocycles. The molecule has 2 saturated heterocycles. The Bertz CT molecular complexity index is 1130. The monoisotopic (exact) mass is 426 g/mol. The van der Waals surface area contributed by atoms with Crippen molar-refractivity contribution in [1.29, 1.82) is 0 Å². The fraction of sp³-hybridized carbons (Fsp3) is 0.381. The average Bonchev–Trinajstić information content (AvgIpc) is 3.38. The summed E-state index contributed by atoms with van der Waals surface area (Å²) in [5.74, 6) is 1.67. The number of methoxy groups -OCH3 is 1. The number of fused-ring (bicyclic) bond motifs is 2. The Balaban J connectivity index is 1.38. The molecule has 2 aromatic heterocycles.